The number of nitrogens with zero attached hydrogens (tertiary/aromatic N) is 1. The number of nitrogens with one attached hydrogen (secondary N) is 2. The van der Waals surface area contributed by atoms with Gasteiger partial charge in [0.1, 0.15) is 5.75 Å². The highest BCUT2D eigenvalue weighted by Gasteiger charge is 2.30. The molecule has 0 radical (unpaired) electrons. The number of benzene rings is 2. The summed E-state index contributed by atoms with van der Waals surface area (Å²) >= 11 is 0. The molecule has 0 aliphatic carbocycles. The fourth-order valence-electron chi connectivity index (χ4n) is 3.13. The van der Waals surface area contributed by atoms with E-state index in [2.05, 4.69) is 10.6 Å². The lowest BCUT2D eigenvalue weighted by Crippen LogP contribution is -2.43. The summed E-state index contributed by atoms with van der Waals surface area (Å²) < 4.78 is 43.0. The number of amides is 3. The number of hydrogen-bond acceptors (Lipinski definition) is 3. The van der Waals surface area contributed by atoms with Gasteiger partial charge in [-0.3, -0.25) is 0 Å². The second-order valence-corrected chi connectivity index (χ2v) is 7.02. The van der Waals surface area contributed by atoms with E-state index in [1.807, 2.05) is 6.07 Å². The van der Waals surface area contributed by atoms with Crippen molar-refractivity contribution in [1.29, 1.82) is 0 Å². The number of rotatable bonds is 4. The van der Waals surface area contributed by atoms with Crippen LogP contribution in [0.1, 0.15) is 18.4 Å². The smallest absolute Gasteiger partial charge is 0.410 e. The second kappa shape index (κ2) is 9.51. The molecule has 1 fully saturated rings. The third-order valence-corrected chi connectivity index (χ3v) is 4.84. The molecule has 160 valence electrons. The van der Waals surface area contributed by atoms with E-state index in [4.69, 9.17) is 4.74 Å². The molecule has 1 heterocycles. The maximum Gasteiger partial charge on any atom is 0.416 e. The largest absolute Gasteiger partial charge is 0.416 e. The van der Waals surface area contributed by atoms with Crippen LogP contribution in [0.3, 0.4) is 0 Å². The number of urea groups is 1. The van der Waals surface area contributed by atoms with Crippen molar-refractivity contribution < 1.29 is 27.5 Å². The van der Waals surface area contributed by atoms with Crippen molar-refractivity contribution in [1.82, 2.24) is 10.2 Å². The number of hydrogen-bond donors (Lipinski definition) is 2. The van der Waals surface area contributed by atoms with Gasteiger partial charge < -0.3 is 20.3 Å². The van der Waals surface area contributed by atoms with E-state index in [1.165, 1.54) is 12.1 Å². The summed E-state index contributed by atoms with van der Waals surface area (Å²) in [4.78, 5) is 25.8. The first-order chi connectivity index (χ1) is 14.3. The molecule has 2 aromatic rings. The molecule has 0 saturated carbocycles. The first-order valence-corrected chi connectivity index (χ1v) is 9.55. The molecule has 3 amide bonds. The zero-order chi connectivity index (χ0) is 21.6. The summed E-state index contributed by atoms with van der Waals surface area (Å²) in [6.45, 7) is 1.46. The van der Waals surface area contributed by atoms with Gasteiger partial charge in [-0.2, -0.15) is 13.2 Å². The maximum atomic E-state index is 12.6. The normalized spacial score (nSPS) is 14.8. The number of piperidine rings is 1. The van der Waals surface area contributed by atoms with Crippen molar-refractivity contribution in [3.63, 3.8) is 0 Å². The van der Waals surface area contributed by atoms with Crippen molar-refractivity contribution in [2.45, 2.75) is 19.0 Å². The summed E-state index contributed by atoms with van der Waals surface area (Å²) in [6, 6.07) is 12.6. The number of halogens is 3. The minimum absolute atomic E-state index is 0.198. The lowest BCUT2D eigenvalue weighted by molar-refractivity contribution is -0.137. The Morgan fingerprint density at radius 2 is 1.63 bits per heavy atom. The van der Waals surface area contributed by atoms with E-state index >= 15 is 0 Å². The van der Waals surface area contributed by atoms with Gasteiger partial charge in [0, 0.05) is 25.3 Å². The molecule has 1 aliphatic heterocycles. The molecular formula is C21H22F3N3O3. The van der Waals surface area contributed by atoms with Crippen LogP contribution in [-0.2, 0) is 6.18 Å². The molecule has 1 saturated heterocycles. The van der Waals surface area contributed by atoms with E-state index in [0.29, 0.717) is 38.2 Å². The molecule has 0 atom stereocenters. The number of anilines is 1. The fraction of sp³-hybridized carbons (Fsp3) is 0.333. The Morgan fingerprint density at radius 1 is 1.00 bits per heavy atom. The highest BCUT2D eigenvalue weighted by Crippen LogP contribution is 2.29. The second-order valence-electron chi connectivity index (χ2n) is 7.02. The minimum atomic E-state index is -4.41. The zero-order valence-electron chi connectivity index (χ0n) is 16.1. The van der Waals surface area contributed by atoms with Crippen LogP contribution in [0, 0.1) is 5.92 Å². The molecule has 0 spiro atoms. The van der Waals surface area contributed by atoms with E-state index < -0.39 is 23.9 Å². The van der Waals surface area contributed by atoms with Gasteiger partial charge in [0.05, 0.1) is 5.56 Å². The van der Waals surface area contributed by atoms with E-state index in [1.54, 1.807) is 29.2 Å². The number of ether oxygens (including phenoxy) is 1. The number of carbonyl (C=O) groups excluding carboxylic acids is 2. The fourth-order valence-corrected chi connectivity index (χ4v) is 3.13. The maximum absolute atomic E-state index is 12.6. The van der Waals surface area contributed by atoms with Crippen LogP contribution in [-0.4, -0.2) is 36.7 Å². The average Bonchev–Trinajstić information content (AvgIpc) is 2.73. The third kappa shape index (κ3) is 6.13. The van der Waals surface area contributed by atoms with E-state index in [0.717, 1.165) is 12.1 Å². The Kier molecular flexibility index (Phi) is 6.81. The Hall–Kier alpha value is -3.23. The molecule has 0 unspecified atom stereocenters. The van der Waals surface area contributed by atoms with Crippen LogP contribution in [0.5, 0.6) is 5.75 Å². The summed E-state index contributed by atoms with van der Waals surface area (Å²) in [7, 11) is 0. The van der Waals surface area contributed by atoms with Gasteiger partial charge in [-0.05, 0) is 55.2 Å². The number of para-hydroxylation sites is 1. The van der Waals surface area contributed by atoms with Gasteiger partial charge in [0.15, 0.2) is 0 Å². The van der Waals surface area contributed by atoms with Gasteiger partial charge in [-0.25, -0.2) is 9.59 Å². The van der Waals surface area contributed by atoms with Gasteiger partial charge >= 0.3 is 18.3 Å². The van der Waals surface area contributed by atoms with E-state index in [-0.39, 0.29) is 11.6 Å². The summed E-state index contributed by atoms with van der Waals surface area (Å²) in [5.41, 5.74) is -0.495. The van der Waals surface area contributed by atoms with Crippen molar-refractivity contribution in [3.8, 4) is 5.75 Å². The summed E-state index contributed by atoms with van der Waals surface area (Å²) in [5, 5.41) is 5.24. The lowest BCUT2D eigenvalue weighted by Gasteiger charge is -2.31. The minimum Gasteiger partial charge on any atom is -0.410 e. The van der Waals surface area contributed by atoms with Gasteiger partial charge in [0.2, 0.25) is 0 Å². The molecule has 0 aromatic heterocycles. The van der Waals surface area contributed by atoms with Crippen molar-refractivity contribution in [2.24, 2.45) is 5.92 Å². The van der Waals surface area contributed by atoms with Crippen molar-refractivity contribution in [3.05, 3.63) is 60.2 Å². The molecule has 9 heteroatoms. The average molecular weight is 421 g/mol. The first kappa shape index (κ1) is 21.5. The van der Waals surface area contributed by atoms with Gasteiger partial charge in [-0.1, -0.05) is 18.2 Å². The zero-order valence-corrected chi connectivity index (χ0v) is 16.1. The lowest BCUT2D eigenvalue weighted by atomic mass is 9.97. The molecule has 0 bridgehead atoms. The number of likely N-dealkylation sites (tertiary alicyclic amines) is 1. The van der Waals surface area contributed by atoms with Crippen LogP contribution in [0.25, 0.3) is 0 Å². The van der Waals surface area contributed by atoms with Gasteiger partial charge in [-0.15, -0.1) is 0 Å². The quantitative estimate of drug-likeness (QED) is 0.749. The van der Waals surface area contributed by atoms with Crippen molar-refractivity contribution in [2.75, 3.05) is 25.0 Å². The molecule has 1 aliphatic rings. The predicted octanol–water partition coefficient (Wildman–Crippen LogP) is 4.74. The predicted molar refractivity (Wildman–Crippen MR) is 105 cm³/mol. The third-order valence-electron chi connectivity index (χ3n) is 4.84. The highest BCUT2D eigenvalue weighted by atomic mass is 19.4. The number of carbonyl (C=O) groups is 2. The first-order valence-electron chi connectivity index (χ1n) is 9.55. The molecule has 6 nitrogen and oxygen atoms in total. The Labute approximate surface area is 172 Å². The Balaban J connectivity index is 1.38. The van der Waals surface area contributed by atoms with Gasteiger partial charge in [0.25, 0.3) is 0 Å². The van der Waals surface area contributed by atoms with Crippen LogP contribution < -0.4 is 15.4 Å². The highest BCUT2D eigenvalue weighted by molar-refractivity contribution is 5.89. The van der Waals surface area contributed by atoms with E-state index in [9.17, 15) is 22.8 Å². The molecule has 2 N–H and O–H groups in total. The monoisotopic (exact) mass is 421 g/mol. The molecule has 2 aromatic carbocycles. The molecular weight excluding hydrogens is 399 g/mol. The van der Waals surface area contributed by atoms with Crippen molar-refractivity contribution >= 4 is 17.8 Å². The Morgan fingerprint density at radius 3 is 2.23 bits per heavy atom. The SMILES string of the molecule is O=C(NCC1CCN(C(=O)Oc2ccccc2)CC1)Nc1ccc(C(F)(F)F)cc1. The molecule has 3 rings (SSSR count). The van der Waals surface area contributed by atoms with Crippen LogP contribution >= 0.6 is 0 Å². The van der Waals surface area contributed by atoms with Crippen LogP contribution in [0.4, 0.5) is 28.4 Å². The standard InChI is InChI=1S/C21H22F3N3O3/c22-21(23,24)16-6-8-17(9-7-16)26-19(28)25-14-15-10-12-27(13-11-15)20(29)30-18-4-2-1-3-5-18/h1-9,15H,10-14H2,(H2,25,26,28). The topological polar surface area (TPSA) is 70.7 Å². The Bertz CT molecular complexity index is 849. The number of alkyl halides is 3. The molecule has 30 heavy (non-hydrogen) atoms. The van der Waals surface area contributed by atoms with Crippen LogP contribution in [0.2, 0.25) is 0 Å². The summed E-state index contributed by atoms with van der Waals surface area (Å²) in [6.07, 6.45) is -3.38. The van der Waals surface area contributed by atoms with Crippen LogP contribution in [0.15, 0.2) is 54.6 Å². The summed E-state index contributed by atoms with van der Waals surface area (Å²) in [5.74, 6) is 0.690.